The van der Waals surface area contributed by atoms with Gasteiger partial charge < -0.3 is 9.31 Å². The Morgan fingerprint density at radius 1 is 1.05 bits per heavy atom. The molecule has 1 aliphatic heterocycles. The van der Waals surface area contributed by atoms with E-state index in [0.717, 1.165) is 11.1 Å². The van der Waals surface area contributed by atoms with Gasteiger partial charge >= 0.3 is 7.12 Å². The second-order valence-electron chi connectivity index (χ2n) is 7.39. The summed E-state index contributed by atoms with van der Waals surface area (Å²) in [7, 11) is -0.332. The molecule has 114 valence electrons. The number of hydrogen-bond donors (Lipinski definition) is 0. The molecule has 3 nitrogen and oxygen atoms in total. The Kier molecular flexibility index (Phi) is 5.26. The number of rotatable bonds is 5. The first-order valence-electron chi connectivity index (χ1n) is 7.51. The van der Waals surface area contributed by atoms with Crippen LogP contribution in [-0.4, -0.2) is 24.1 Å². The summed E-state index contributed by atoms with van der Waals surface area (Å²) in [6.45, 7) is 16.2. The molecule has 1 saturated heterocycles. The molecule has 0 atom stereocenters. The third kappa shape index (κ3) is 3.95. The molecule has 0 aromatic rings. The summed E-state index contributed by atoms with van der Waals surface area (Å²) in [5, 5.41) is 0. The van der Waals surface area contributed by atoms with Crippen LogP contribution in [0.2, 0.25) is 6.32 Å². The molecule has 0 bridgehead atoms. The Labute approximate surface area is 124 Å². The zero-order valence-corrected chi connectivity index (χ0v) is 14.3. The van der Waals surface area contributed by atoms with Crippen molar-refractivity contribution in [1.29, 1.82) is 0 Å². The lowest BCUT2D eigenvalue weighted by Crippen LogP contribution is -2.41. The lowest BCUT2D eigenvalue weighted by molar-refractivity contribution is -0.116. The van der Waals surface area contributed by atoms with Crippen molar-refractivity contribution < 1.29 is 14.1 Å². The van der Waals surface area contributed by atoms with Crippen molar-refractivity contribution in [2.45, 2.75) is 79.3 Å². The summed E-state index contributed by atoms with van der Waals surface area (Å²) in [6.07, 6.45) is 1.13. The molecular formula is C16H29BO3. The van der Waals surface area contributed by atoms with Gasteiger partial charge in [0.05, 0.1) is 11.2 Å². The number of ketones is 1. The highest BCUT2D eigenvalue weighted by Gasteiger charge is 2.51. The van der Waals surface area contributed by atoms with Gasteiger partial charge in [-0.05, 0) is 53.0 Å². The summed E-state index contributed by atoms with van der Waals surface area (Å²) >= 11 is 0. The predicted molar refractivity (Wildman–Crippen MR) is 83.7 cm³/mol. The van der Waals surface area contributed by atoms with Gasteiger partial charge in [0.2, 0.25) is 0 Å². The minimum Gasteiger partial charge on any atom is -0.403 e. The minimum atomic E-state index is -0.342. The quantitative estimate of drug-likeness (QED) is 0.563. The second kappa shape index (κ2) is 6.02. The van der Waals surface area contributed by atoms with Crippen molar-refractivity contribution in [3.63, 3.8) is 0 Å². The molecule has 0 aliphatic carbocycles. The minimum absolute atomic E-state index is 0.217. The van der Waals surface area contributed by atoms with E-state index >= 15 is 0 Å². The number of carbonyl (C=O) groups excluding carboxylic acids is 1. The highest BCUT2D eigenvalue weighted by molar-refractivity contribution is 6.47. The third-order valence-electron chi connectivity index (χ3n) is 4.21. The van der Waals surface area contributed by atoms with Gasteiger partial charge in [-0.2, -0.15) is 0 Å². The Bertz CT molecular complexity index is 388. The van der Waals surface area contributed by atoms with E-state index < -0.39 is 0 Å². The van der Waals surface area contributed by atoms with Crippen LogP contribution < -0.4 is 0 Å². The third-order valence-corrected chi connectivity index (χ3v) is 4.21. The van der Waals surface area contributed by atoms with Crippen molar-refractivity contribution in [2.75, 3.05) is 0 Å². The van der Waals surface area contributed by atoms with Crippen LogP contribution in [0.4, 0.5) is 0 Å². The number of Topliss-reactive ketones (excluding diaryl/α,β-unsaturated/α-hetero) is 1. The monoisotopic (exact) mass is 280 g/mol. The highest BCUT2D eigenvalue weighted by atomic mass is 16.7. The zero-order chi connectivity index (χ0) is 15.7. The standard InChI is InChI=1S/C16H29BO3/c1-11(2)9-14(18)13(12(3)4)10-17-19-15(5,6)16(7,8)20-17/h11H,9-10H2,1-8H3. The van der Waals surface area contributed by atoms with E-state index in [0.29, 0.717) is 18.7 Å². The molecule has 1 fully saturated rings. The van der Waals surface area contributed by atoms with Crippen LogP contribution in [0.3, 0.4) is 0 Å². The fourth-order valence-electron chi connectivity index (χ4n) is 2.31. The molecule has 0 saturated carbocycles. The maximum Gasteiger partial charge on any atom is 0.462 e. The Hall–Kier alpha value is -0.605. The fraction of sp³-hybridized carbons (Fsp3) is 0.812. The van der Waals surface area contributed by atoms with E-state index in [2.05, 4.69) is 13.8 Å². The summed E-state index contributed by atoms with van der Waals surface area (Å²) < 4.78 is 12.0. The average molecular weight is 280 g/mol. The zero-order valence-electron chi connectivity index (χ0n) is 14.3. The summed E-state index contributed by atoms with van der Waals surface area (Å²) in [5.41, 5.74) is 1.24. The van der Waals surface area contributed by atoms with E-state index in [4.69, 9.17) is 9.31 Å². The van der Waals surface area contributed by atoms with Crippen molar-refractivity contribution in [2.24, 2.45) is 5.92 Å². The summed E-state index contributed by atoms with van der Waals surface area (Å²) in [6, 6.07) is 0. The summed E-state index contributed by atoms with van der Waals surface area (Å²) in [4.78, 5) is 12.3. The van der Waals surface area contributed by atoms with Crippen LogP contribution in [-0.2, 0) is 14.1 Å². The van der Waals surface area contributed by atoms with E-state index in [9.17, 15) is 4.79 Å². The molecule has 20 heavy (non-hydrogen) atoms. The lowest BCUT2D eigenvalue weighted by atomic mass is 9.77. The largest absolute Gasteiger partial charge is 0.462 e. The van der Waals surface area contributed by atoms with Crippen molar-refractivity contribution in [3.05, 3.63) is 11.1 Å². The average Bonchev–Trinajstić information content (AvgIpc) is 2.42. The molecule has 0 aromatic carbocycles. The van der Waals surface area contributed by atoms with E-state index in [1.54, 1.807) is 0 Å². The van der Waals surface area contributed by atoms with Gasteiger partial charge in [-0.25, -0.2) is 0 Å². The van der Waals surface area contributed by atoms with Gasteiger partial charge in [0.15, 0.2) is 5.78 Å². The number of carbonyl (C=O) groups is 1. The highest BCUT2D eigenvalue weighted by Crippen LogP contribution is 2.38. The molecule has 4 heteroatoms. The molecule has 0 radical (unpaired) electrons. The molecule has 0 aromatic heterocycles. The van der Waals surface area contributed by atoms with Gasteiger partial charge in [-0.1, -0.05) is 19.4 Å². The van der Waals surface area contributed by atoms with Gasteiger partial charge in [0.25, 0.3) is 0 Å². The molecule has 1 rings (SSSR count). The van der Waals surface area contributed by atoms with E-state index in [1.807, 2.05) is 41.5 Å². The molecule has 0 spiro atoms. The van der Waals surface area contributed by atoms with Crippen molar-refractivity contribution in [3.8, 4) is 0 Å². The predicted octanol–water partition coefficient (Wildman–Crippen LogP) is 4.03. The molecule has 0 amide bonds. The molecule has 0 unspecified atom stereocenters. The fourth-order valence-corrected chi connectivity index (χ4v) is 2.31. The maximum atomic E-state index is 12.3. The van der Waals surface area contributed by atoms with Crippen LogP contribution >= 0.6 is 0 Å². The molecule has 1 heterocycles. The SMILES string of the molecule is CC(C)=C(CB1OC(C)(C)C(C)(C)O1)C(=O)CC(C)C. The van der Waals surface area contributed by atoms with Crippen molar-refractivity contribution >= 4 is 12.9 Å². The smallest absolute Gasteiger partial charge is 0.403 e. The van der Waals surface area contributed by atoms with Crippen LogP contribution in [0.15, 0.2) is 11.1 Å². The number of allylic oxidation sites excluding steroid dienone is 2. The van der Waals surface area contributed by atoms with Crippen LogP contribution in [0.1, 0.15) is 61.8 Å². The maximum absolute atomic E-state index is 12.3. The van der Waals surface area contributed by atoms with Crippen LogP contribution in [0.5, 0.6) is 0 Å². The topological polar surface area (TPSA) is 35.5 Å². The Morgan fingerprint density at radius 2 is 1.50 bits per heavy atom. The first-order chi connectivity index (χ1) is 8.96. The second-order valence-corrected chi connectivity index (χ2v) is 7.39. The molecular weight excluding hydrogens is 251 g/mol. The molecule has 0 N–H and O–H groups in total. The van der Waals surface area contributed by atoms with Gasteiger partial charge in [0.1, 0.15) is 0 Å². The Morgan fingerprint density at radius 3 is 1.85 bits per heavy atom. The summed E-state index contributed by atoms with van der Waals surface area (Å²) in [5.74, 6) is 0.588. The van der Waals surface area contributed by atoms with Gasteiger partial charge in [-0.3, -0.25) is 4.79 Å². The Balaban J connectivity index is 2.81. The molecule has 1 aliphatic rings. The van der Waals surface area contributed by atoms with Crippen molar-refractivity contribution in [1.82, 2.24) is 0 Å². The van der Waals surface area contributed by atoms with E-state index in [1.165, 1.54) is 0 Å². The first-order valence-corrected chi connectivity index (χ1v) is 7.51. The van der Waals surface area contributed by atoms with Gasteiger partial charge in [0, 0.05) is 12.7 Å². The first kappa shape index (κ1) is 17.4. The van der Waals surface area contributed by atoms with Gasteiger partial charge in [-0.15, -0.1) is 0 Å². The number of hydrogen-bond acceptors (Lipinski definition) is 3. The normalized spacial score (nSPS) is 20.4. The lowest BCUT2D eigenvalue weighted by Gasteiger charge is -2.32. The van der Waals surface area contributed by atoms with Crippen LogP contribution in [0, 0.1) is 5.92 Å². The van der Waals surface area contributed by atoms with E-state index in [-0.39, 0.29) is 24.1 Å². The van der Waals surface area contributed by atoms with Crippen LogP contribution in [0.25, 0.3) is 0 Å².